The van der Waals surface area contributed by atoms with Crippen LogP contribution in [0.15, 0.2) is 66.9 Å². The summed E-state index contributed by atoms with van der Waals surface area (Å²) in [5.74, 6) is 0.763. The topological polar surface area (TPSA) is 83.0 Å². The number of carbonyl (C=O) groups excluding carboxylic acids is 1. The van der Waals surface area contributed by atoms with Crippen molar-refractivity contribution in [2.75, 3.05) is 0 Å². The molecule has 2 aromatic heterocycles. The fourth-order valence-corrected chi connectivity index (χ4v) is 2.82. The predicted octanol–water partition coefficient (Wildman–Crippen LogP) is 3.97. The highest BCUT2D eigenvalue weighted by atomic mass is 35.5. The first-order chi connectivity index (χ1) is 12.6. The summed E-state index contributed by atoms with van der Waals surface area (Å²) >= 11 is 6.16. The van der Waals surface area contributed by atoms with Crippen LogP contribution in [0.4, 0.5) is 0 Å². The van der Waals surface area contributed by atoms with Gasteiger partial charge in [-0.2, -0.15) is 5.10 Å². The first-order valence-corrected chi connectivity index (χ1v) is 8.17. The third kappa shape index (κ3) is 2.87. The Morgan fingerprint density at radius 1 is 0.962 bits per heavy atom. The first-order valence-electron chi connectivity index (χ1n) is 7.80. The number of hydrogen-bond acceptors (Lipinski definition) is 4. The van der Waals surface area contributed by atoms with E-state index in [2.05, 4.69) is 10.1 Å². The Bertz CT molecular complexity index is 1090. The van der Waals surface area contributed by atoms with Crippen molar-refractivity contribution in [3.63, 3.8) is 0 Å². The zero-order valence-corrected chi connectivity index (χ0v) is 14.2. The number of ether oxygens (including phenoxy) is 1. The largest absolute Gasteiger partial charge is 0.457 e. The minimum Gasteiger partial charge on any atom is -0.457 e. The molecule has 4 rings (SSSR count). The van der Waals surface area contributed by atoms with Crippen molar-refractivity contribution in [1.82, 2.24) is 14.8 Å². The van der Waals surface area contributed by atoms with Crippen LogP contribution in [0, 0.1) is 0 Å². The van der Waals surface area contributed by atoms with E-state index in [0.29, 0.717) is 27.5 Å². The number of nitrogens with two attached hydrogens (primary N) is 1. The zero-order chi connectivity index (χ0) is 18.1. The molecule has 26 heavy (non-hydrogen) atoms. The van der Waals surface area contributed by atoms with Gasteiger partial charge in [-0.25, -0.2) is 4.68 Å². The molecule has 0 saturated heterocycles. The van der Waals surface area contributed by atoms with Gasteiger partial charge in [0.05, 0.1) is 10.7 Å². The van der Waals surface area contributed by atoms with Gasteiger partial charge in [-0.1, -0.05) is 29.8 Å². The summed E-state index contributed by atoms with van der Waals surface area (Å²) in [5.41, 5.74) is 7.16. The van der Waals surface area contributed by atoms with Gasteiger partial charge in [0.25, 0.3) is 5.91 Å². The van der Waals surface area contributed by atoms with E-state index in [1.165, 1.54) is 10.9 Å². The third-order valence-electron chi connectivity index (χ3n) is 3.80. The highest BCUT2D eigenvalue weighted by Crippen LogP contribution is 2.27. The molecule has 0 bridgehead atoms. The maximum atomic E-state index is 11.9. The molecule has 7 heteroatoms. The lowest BCUT2D eigenvalue weighted by Crippen LogP contribution is -2.17. The Hall–Kier alpha value is -3.38. The number of rotatable bonds is 4. The maximum absolute atomic E-state index is 11.9. The molecule has 2 N–H and O–H groups in total. The lowest BCUT2D eigenvalue weighted by atomic mass is 10.2. The average molecular weight is 365 g/mol. The molecule has 6 nitrogen and oxygen atoms in total. The van der Waals surface area contributed by atoms with Crippen molar-refractivity contribution >= 4 is 28.5 Å². The van der Waals surface area contributed by atoms with Gasteiger partial charge in [0, 0.05) is 6.20 Å². The van der Waals surface area contributed by atoms with E-state index in [1.807, 2.05) is 30.3 Å². The average Bonchev–Trinajstić information content (AvgIpc) is 3.04. The van der Waals surface area contributed by atoms with Gasteiger partial charge in [-0.3, -0.25) is 9.78 Å². The van der Waals surface area contributed by atoms with Gasteiger partial charge in [0.15, 0.2) is 5.69 Å². The molecule has 0 radical (unpaired) electrons. The monoisotopic (exact) mass is 364 g/mol. The summed E-state index contributed by atoms with van der Waals surface area (Å²) in [4.78, 5) is 16.1. The van der Waals surface area contributed by atoms with E-state index in [-0.39, 0.29) is 5.69 Å². The Morgan fingerprint density at radius 3 is 2.35 bits per heavy atom. The third-order valence-corrected chi connectivity index (χ3v) is 4.11. The van der Waals surface area contributed by atoms with Gasteiger partial charge in [0.1, 0.15) is 22.5 Å². The van der Waals surface area contributed by atoms with Crippen molar-refractivity contribution in [3.8, 4) is 17.2 Å². The fourth-order valence-electron chi connectivity index (χ4n) is 2.64. The standard InChI is InChI=1S/C19H13ClN4O2/c20-15-10-11-22-17-16(15)23-24(18(17)19(21)25)12-6-8-14(9-7-12)26-13-4-2-1-3-5-13/h1-11H,(H2,21,25). The summed E-state index contributed by atoms with van der Waals surface area (Å²) in [6.45, 7) is 0. The molecule has 128 valence electrons. The van der Waals surface area contributed by atoms with Crippen LogP contribution in [0.5, 0.6) is 11.5 Å². The molecular weight excluding hydrogens is 352 g/mol. The van der Waals surface area contributed by atoms with Gasteiger partial charge >= 0.3 is 0 Å². The lowest BCUT2D eigenvalue weighted by molar-refractivity contribution is 0.0994. The molecular formula is C19H13ClN4O2. The Balaban J connectivity index is 1.75. The van der Waals surface area contributed by atoms with Crippen LogP contribution in [0.2, 0.25) is 5.02 Å². The molecule has 4 aromatic rings. The maximum Gasteiger partial charge on any atom is 0.269 e. The molecule has 0 aliphatic carbocycles. The number of hydrogen-bond donors (Lipinski definition) is 1. The van der Waals surface area contributed by atoms with E-state index < -0.39 is 5.91 Å². The number of pyridine rings is 1. The number of carbonyl (C=O) groups is 1. The molecule has 2 aromatic carbocycles. The van der Waals surface area contributed by atoms with Gasteiger partial charge < -0.3 is 10.5 Å². The summed E-state index contributed by atoms with van der Waals surface area (Å²) in [5, 5.41) is 4.80. The molecule has 0 spiro atoms. The normalized spacial score (nSPS) is 10.8. The first kappa shape index (κ1) is 16.1. The number of amides is 1. The summed E-state index contributed by atoms with van der Waals surface area (Å²) < 4.78 is 7.21. The van der Waals surface area contributed by atoms with Crippen LogP contribution in [0.1, 0.15) is 10.5 Å². The summed E-state index contributed by atoms with van der Waals surface area (Å²) in [7, 11) is 0. The van der Waals surface area contributed by atoms with Crippen molar-refractivity contribution in [3.05, 3.63) is 77.6 Å². The van der Waals surface area contributed by atoms with Crippen molar-refractivity contribution in [1.29, 1.82) is 0 Å². The van der Waals surface area contributed by atoms with Gasteiger partial charge in [-0.05, 0) is 42.5 Å². The highest BCUT2D eigenvalue weighted by Gasteiger charge is 2.20. The molecule has 1 amide bonds. The predicted molar refractivity (Wildman–Crippen MR) is 98.9 cm³/mol. The van der Waals surface area contributed by atoms with Crippen molar-refractivity contribution in [2.45, 2.75) is 0 Å². The lowest BCUT2D eigenvalue weighted by Gasteiger charge is -2.08. The van der Waals surface area contributed by atoms with Crippen LogP contribution in [0.3, 0.4) is 0 Å². The molecule has 0 atom stereocenters. The van der Waals surface area contributed by atoms with E-state index in [1.54, 1.807) is 30.3 Å². The SMILES string of the molecule is NC(=O)c1c2nccc(Cl)c2nn1-c1ccc(Oc2ccccc2)cc1. The fraction of sp³-hybridized carbons (Fsp3) is 0. The molecule has 0 unspecified atom stereocenters. The van der Waals surface area contributed by atoms with Crippen molar-refractivity contribution < 1.29 is 9.53 Å². The number of fused-ring (bicyclic) bond motifs is 1. The van der Waals surface area contributed by atoms with E-state index in [4.69, 9.17) is 22.1 Å². The molecule has 0 aliphatic rings. The van der Waals surface area contributed by atoms with Gasteiger partial charge in [0.2, 0.25) is 0 Å². The molecule has 0 saturated carbocycles. The van der Waals surface area contributed by atoms with Crippen LogP contribution < -0.4 is 10.5 Å². The number of primary amides is 1. The van der Waals surface area contributed by atoms with Crippen molar-refractivity contribution in [2.24, 2.45) is 5.73 Å². The second kappa shape index (κ2) is 6.50. The number of aromatic nitrogens is 3. The number of nitrogens with zero attached hydrogens (tertiary/aromatic N) is 3. The summed E-state index contributed by atoms with van der Waals surface area (Å²) in [6, 6.07) is 18.2. The quantitative estimate of drug-likeness (QED) is 0.594. The summed E-state index contributed by atoms with van der Waals surface area (Å²) in [6.07, 6.45) is 1.51. The Morgan fingerprint density at radius 2 is 1.65 bits per heavy atom. The second-order valence-corrected chi connectivity index (χ2v) is 5.93. The highest BCUT2D eigenvalue weighted by molar-refractivity contribution is 6.35. The molecule has 2 heterocycles. The van der Waals surface area contributed by atoms with E-state index >= 15 is 0 Å². The Kier molecular flexibility index (Phi) is 4.02. The van der Waals surface area contributed by atoms with Gasteiger partial charge in [-0.15, -0.1) is 0 Å². The number of para-hydroxylation sites is 1. The van der Waals surface area contributed by atoms with Crippen LogP contribution in [-0.4, -0.2) is 20.7 Å². The minimum atomic E-state index is -0.633. The number of halogens is 1. The zero-order valence-electron chi connectivity index (χ0n) is 13.5. The van der Waals surface area contributed by atoms with E-state index in [0.717, 1.165) is 5.75 Å². The molecule has 0 fully saturated rings. The Labute approximate surface area is 153 Å². The van der Waals surface area contributed by atoms with Crippen LogP contribution in [0.25, 0.3) is 16.7 Å². The number of benzene rings is 2. The van der Waals surface area contributed by atoms with Crippen LogP contribution >= 0.6 is 11.6 Å². The smallest absolute Gasteiger partial charge is 0.269 e. The molecule has 0 aliphatic heterocycles. The second-order valence-electron chi connectivity index (χ2n) is 5.52. The minimum absolute atomic E-state index is 0.180. The van der Waals surface area contributed by atoms with Crippen LogP contribution in [-0.2, 0) is 0 Å². The van der Waals surface area contributed by atoms with E-state index in [9.17, 15) is 4.79 Å².